The van der Waals surface area contributed by atoms with Gasteiger partial charge in [-0.05, 0) is 61.2 Å². The molecule has 2 amide bonds. The number of likely N-dealkylation sites (N-methyl/N-ethyl adjacent to an activating group) is 1. The summed E-state index contributed by atoms with van der Waals surface area (Å²) < 4.78 is 5.73. The molecular formula is C22H26Cl2N2O3. The fourth-order valence-corrected chi connectivity index (χ4v) is 3.49. The van der Waals surface area contributed by atoms with Gasteiger partial charge in [-0.2, -0.15) is 0 Å². The van der Waals surface area contributed by atoms with E-state index in [4.69, 9.17) is 27.9 Å². The van der Waals surface area contributed by atoms with E-state index in [0.717, 1.165) is 16.7 Å². The van der Waals surface area contributed by atoms with Gasteiger partial charge in [0, 0.05) is 13.6 Å². The largest absolute Gasteiger partial charge is 0.484 e. The lowest BCUT2D eigenvalue weighted by Crippen LogP contribution is -2.49. The molecule has 29 heavy (non-hydrogen) atoms. The molecule has 0 aliphatic heterocycles. The minimum atomic E-state index is -0.621. The van der Waals surface area contributed by atoms with Gasteiger partial charge in [0.15, 0.2) is 6.61 Å². The number of nitrogens with one attached hydrogen (secondary N) is 1. The van der Waals surface area contributed by atoms with Gasteiger partial charge >= 0.3 is 0 Å². The van der Waals surface area contributed by atoms with Crippen LogP contribution in [-0.2, 0) is 16.1 Å². The summed E-state index contributed by atoms with van der Waals surface area (Å²) in [5.74, 6) is 0.108. The topological polar surface area (TPSA) is 58.6 Å². The molecule has 0 aliphatic rings. The van der Waals surface area contributed by atoms with Crippen molar-refractivity contribution in [2.75, 3.05) is 13.7 Å². The maximum atomic E-state index is 13.0. The first-order valence-electron chi connectivity index (χ1n) is 9.41. The summed E-state index contributed by atoms with van der Waals surface area (Å²) in [6.45, 7) is 5.85. The summed E-state index contributed by atoms with van der Waals surface area (Å²) in [5.41, 5.74) is 2.88. The predicted octanol–water partition coefficient (Wildman–Crippen LogP) is 4.54. The number of hydrogen-bond acceptors (Lipinski definition) is 3. The highest BCUT2D eigenvalue weighted by atomic mass is 35.5. The number of carbonyl (C=O) groups is 2. The number of benzene rings is 2. The van der Waals surface area contributed by atoms with Crippen LogP contribution in [0.3, 0.4) is 0 Å². The molecule has 0 heterocycles. The molecule has 1 N–H and O–H groups in total. The minimum Gasteiger partial charge on any atom is -0.484 e. The molecule has 0 unspecified atom stereocenters. The van der Waals surface area contributed by atoms with Gasteiger partial charge in [-0.15, -0.1) is 0 Å². The van der Waals surface area contributed by atoms with E-state index in [1.165, 1.54) is 4.90 Å². The second kappa shape index (κ2) is 10.5. The van der Waals surface area contributed by atoms with Gasteiger partial charge in [-0.1, -0.05) is 42.3 Å². The molecule has 0 saturated carbocycles. The first kappa shape index (κ1) is 23.0. The molecule has 0 fully saturated rings. The van der Waals surface area contributed by atoms with Crippen LogP contribution in [0.1, 0.15) is 30.0 Å². The van der Waals surface area contributed by atoms with Crippen molar-refractivity contribution in [1.29, 1.82) is 0 Å². The fourth-order valence-electron chi connectivity index (χ4n) is 3.17. The maximum Gasteiger partial charge on any atom is 0.261 e. The molecule has 2 aromatic carbocycles. The Bertz CT molecular complexity index is 866. The van der Waals surface area contributed by atoms with Crippen molar-refractivity contribution >= 4 is 35.0 Å². The van der Waals surface area contributed by atoms with Crippen molar-refractivity contribution in [2.45, 2.75) is 39.8 Å². The molecule has 5 nitrogen and oxygen atoms in total. The Morgan fingerprint density at radius 2 is 1.72 bits per heavy atom. The first-order chi connectivity index (χ1) is 13.7. The Kier molecular flexibility index (Phi) is 8.35. The van der Waals surface area contributed by atoms with Crippen molar-refractivity contribution in [3.63, 3.8) is 0 Å². The van der Waals surface area contributed by atoms with Crippen molar-refractivity contribution < 1.29 is 14.3 Å². The van der Waals surface area contributed by atoms with Crippen molar-refractivity contribution in [3.05, 3.63) is 63.1 Å². The Balaban J connectivity index is 2.23. The lowest BCUT2D eigenvalue weighted by molar-refractivity contribution is -0.142. The third kappa shape index (κ3) is 6.38. The van der Waals surface area contributed by atoms with Gasteiger partial charge in [0.1, 0.15) is 11.8 Å². The van der Waals surface area contributed by atoms with Gasteiger partial charge in [-0.25, -0.2) is 0 Å². The molecular weight excluding hydrogens is 411 g/mol. The van der Waals surface area contributed by atoms with Crippen LogP contribution < -0.4 is 10.1 Å². The monoisotopic (exact) mass is 436 g/mol. The molecule has 0 bridgehead atoms. The van der Waals surface area contributed by atoms with Gasteiger partial charge in [-0.3, -0.25) is 9.59 Å². The normalized spacial score (nSPS) is 11.7. The number of hydrogen-bond donors (Lipinski definition) is 1. The van der Waals surface area contributed by atoms with Crippen molar-refractivity contribution in [3.8, 4) is 5.75 Å². The second-order valence-corrected chi connectivity index (χ2v) is 7.73. The summed E-state index contributed by atoms with van der Waals surface area (Å²) in [6.07, 6.45) is 0.469. The molecule has 0 saturated heterocycles. The number of carbonyl (C=O) groups excluding carboxylic acids is 2. The Labute approximate surface area is 181 Å². The standard InChI is InChI=1S/C22H26Cl2N2O3/c1-5-20(22(28)25-4)26(12-16-6-7-18(23)19(24)11-16)21(27)13-29-17-9-14(2)8-15(3)10-17/h6-11,20H,5,12-13H2,1-4H3,(H,25,28)/t20-/m0/s1. The average Bonchev–Trinajstić information content (AvgIpc) is 2.67. The number of ether oxygens (including phenoxy) is 1. The van der Waals surface area contributed by atoms with E-state index in [9.17, 15) is 9.59 Å². The van der Waals surface area contributed by atoms with Gasteiger partial charge < -0.3 is 15.0 Å². The lowest BCUT2D eigenvalue weighted by Gasteiger charge is -2.30. The van der Waals surface area contributed by atoms with E-state index < -0.39 is 6.04 Å². The Morgan fingerprint density at radius 3 is 2.28 bits per heavy atom. The summed E-state index contributed by atoms with van der Waals surface area (Å²) in [4.78, 5) is 26.9. The van der Waals surface area contributed by atoms with Crippen LogP contribution >= 0.6 is 23.2 Å². The SMILES string of the molecule is CC[C@@H](C(=O)NC)N(Cc1ccc(Cl)c(Cl)c1)C(=O)COc1cc(C)cc(C)c1. The van der Waals surface area contributed by atoms with Gasteiger partial charge in [0.2, 0.25) is 5.91 Å². The number of nitrogens with zero attached hydrogens (tertiary/aromatic N) is 1. The van der Waals surface area contributed by atoms with E-state index in [0.29, 0.717) is 22.2 Å². The van der Waals surface area contributed by atoms with Crippen LogP contribution in [-0.4, -0.2) is 36.4 Å². The van der Waals surface area contributed by atoms with E-state index >= 15 is 0 Å². The van der Waals surface area contributed by atoms with Gasteiger partial charge in [0.25, 0.3) is 5.91 Å². The summed E-state index contributed by atoms with van der Waals surface area (Å²) in [7, 11) is 1.55. The number of aryl methyl sites for hydroxylation is 2. The van der Waals surface area contributed by atoms with Crippen LogP contribution in [0.25, 0.3) is 0 Å². The fraction of sp³-hybridized carbons (Fsp3) is 0.364. The number of rotatable bonds is 8. The van der Waals surface area contributed by atoms with E-state index in [2.05, 4.69) is 5.32 Å². The van der Waals surface area contributed by atoms with E-state index in [1.807, 2.05) is 39.0 Å². The Hall–Kier alpha value is -2.24. The molecule has 1 atom stereocenters. The molecule has 0 radical (unpaired) electrons. The van der Waals surface area contributed by atoms with Crippen LogP contribution in [0.4, 0.5) is 0 Å². The average molecular weight is 437 g/mol. The predicted molar refractivity (Wildman–Crippen MR) is 117 cm³/mol. The molecule has 0 aromatic heterocycles. The molecule has 7 heteroatoms. The zero-order valence-electron chi connectivity index (χ0n) is 17.1. The second-order valence-electron chi connectivity index (χ2n) is 6.92. The van der Waals surface area contributed by atoms with Crippen LogP contribution in [0.2, 0.25) is 10.0 Å². The van der Waals surface area contributed by atoms with Crippen molar-refractivity contribution in [2.24, 2.45) is 0 Å². The molecule has 2 aromatic rings. The molecule has 0 aliphatic carbocycles. The highest BCUT2D eigenvalue weighted by Gasteiger charge is 2.28. The van der Waals surface area contributed by atoms with Crippen LogP contribution in [0, 0.1) is 13.8 Å². The van der Waals surface area contributed by atoms with Crippen LogP contribution in [0.15, 0.2) is 36.4 Å². The van der Waals surface area contributed by atoms with Crippen molar-refractivity contribution in [1.82, 2.24) is 10.2 Å². The Morgan fingerprint density at radius 1 is 1.07 bits per heavy atom. The molecule has 0 spiro atoms. The summed E-state index contributed by atoms with van der Waals surface area (Å²) in [6, 6.07) is 10.3. The highest BCUT2D eigenvalue weighted by molar-refractivity contribution is 6.42. The highest BCUT2D eigenvalue weighted by Crippen LogP contribution is 2.24. The summed E-state index contributed by atoms with van der Waals surface area (Å²) >= 11 is 12.1. The van der Waals surface area contributed by atoms with Gasteiger partial charge in [0.05, 0.1) is 10.0 Å². The molecule has 156 valence electrons. The van der Waals surface area contributed by atoms with E-state index in [-0.39, 0.29) is 25.0 Å². The quantitative estimate of drug-likeness (QED) is 0.660. The first-order valence-corrected chi connectivity index (χ1v) is 10.2. The van der Waals surface area contributed by atoms with Crippen LogP contribution in [0.5, 0.6) is 5.75 Å². The van der Waals surface area contributed by atoms with E-state index in [1.54, 1.807) is 25.2 Å². The molecule has 2 rings (SSSR count). The smallest absolute Gasteiger partial charge is 0.261 e. The zero-order chi connectivity index (χ0) is 21.6. The third-order valence-corrected chi connectivity index (χ3v) is 5.27. The third-order valence-electron chi connectivity index (χ3n) is 4.53. The number of halogens is 2. The summed E-state index contributed by atoms with van der Waals surface area (Å²) in [5, 5.41) is 3.46. The number of amides is 2. The zero-order valence-corrected chi connectivity index (χ0v) is 18.6. The lowest BCUT2D eigenvalue weighted by atomic mass is 10.1. The minimum absolute atomic E-state index is 0.169. The maximum absolute atomic E-state index is 13.0.